The SMILES string of the molecule is Cc1ccc(N2C(=S)N(C(=O)c3ccccc3)C[C@]2(C)O)cc1. The number of aryl methyl sites for hydroxylation is 1. The van der Waals surface area contributed by atoms with Crippen LogP contribution >= 0.6 is 12.2 Å². The number of thiocarbonyl (C=S) groups is 1. The minimum absolute atomic E-state index is 0.132. The van der Waals surface area contributed by atoms with E-state index in [1.807, 2.05) is 49.4 Å². The second-order valence-corrected chi connectivity index (χ2v) is 6.29. The summed E-state index contributed by atoms with van der Waals surface area (Å²) in [6.45, 7) is 3.79. The predicted molar refractivity (Wildman–Crippen MR) is 94.4 cm³/mol. The number of anilines is 1. The van der Waals surface area contributed by atoms with Gasteiger partial charge >= 0.3 is 0 Å². The molecule has 2 aromatic carbocycles. The zero-order valence-corrected chi connectivity index (χ0v) is 13.9. The first-order chi connectivity index (χ1) is 10.9. The van der Waals surface area contributed by atoms with Gasteiger partial charge in [-0.2, -0.15) is 0 Å². The summed E-state index contributed by atoms with van der Waals surface area (Å²) in [5, 5.41) is 11.1. The third kappa shape index (κ3) is 2.85. The fourth-order valence-electron chi connectivity index (χ4n) is 2.74. The molecule has 1 amide bonds. The van der Waals surface area contributed by atoms with Crippen molar-refractivity contribution >= 4 is 28.9 Å². The maximum Gasteiger partial charge on any atom is 0.260 e. The Morgan fingerprint density at radius 3 is 2.35 bits per heavy atom. The molecular weight excluding hydrogens is 308 g/mol. The number of nitrogens with zero attached hydrogens (tertiary/aromatic N) is 2. The summed E-state index contributed by atoms with van der Waals surface area (Å²) >= 11 is 5.47. The smallest absolute Gasteiger partial charge is 0.260 e. The van der Waals surface area contributed by atoms with Gasteiger partial charge in [0.05, 0.1) is 6.54 Å². The van der Waals surface area contributed by atoms with E-state index < -0.39 is 5.72 Å². The number of carbonyl (C=O) groups excluding carboxylic acids is 1. The van der Waals surface area contributed by atoms with E-state index in [-0.39, 0.29) is 12.5 Å². The largest absolute Gasteiger partial charge is 0.369 e. The highest BCUT2D eigenvalue weighted by molar-refractivity contribution is 7.80. The molecule has 2 aromatic rings. The van der Waals surface area contributed by atoms with E-state index in [1.54, 1.807) is 24.0 Å². The summed E-state index contributed by atoms with van der Waals surface area (Å²) in [7, 11) is 0. The molecule has 1 aliphatic rings. The Bertz CT molecular complexity index is 741. The van der Waals surface area contributed by atoms with Crippen LogP contribution in [-0.4, -0.2) is 33.3 Å². The Morgan fingerprint density at radius 1 is 1.13 bits per heavy atom. The number of amides is 1. The first-order valence-corrected chi connectivity index (χ1v) is 7.81. The van der Waals surface area contributed by atoms with Crippen LogP contribution in [0.2, 0.25) is 0 Å². The van der Waals surface area contributed by atoms with Gasteiger partial charge in [-0.1, -0.05) is 35.9 Å². The Balaban J connectivity index is 1.93. The Morgan fingerprint density at radius 2 is 1.74 bits per heavy atom. The van der Waals surface area contributed by atoms with Gasteiger partial charge < -0.3 is 5.11 Å². The minimum Gasteiger partial charge on any atom is -0.369 e. The third-order valence-electron chi connectivity index (χ3n) is 3.92. The van der Waals surface area contributed by atoms with Crippen molar-refractivity contribution in [3.63, 3.8) is 0 Å². The summed E-state index contributed by atoms with van der Waals surface area (Å²) in [6, 6.07) is 16.7. The van der Waals surface area contributed by atoms with Gasteiger partial charge in [-0.25, -0.2) is 0 Å². The minimum atomic E-state index is -1.24. The fraction of sp³-hybridized carbons (Fsp3) is 0.222. The summed E-state index contributed by atoms with van der Waals surface area (Å²) in [5.41, 5.74) is 1.21. The summed E-state index contributed by atoms with van der Waals surface area (Å²) in [6.07, 6.45) is 0. The summed E-state index contributed by atoms with van der Waals surface area (Å²) in [5.74, 6) is -0.203. The van der Waals surface area contributed by atoms with Crippen LogP contribution in [0.25, 0.3) is 0 Å². The lowest BCUT2D eigenvalue weighted by Gasteiger charge is -2.29. The number of carbonyl (C=O) groups is 1. The van der Waals surface area contributed by atoms with Crippen molar-refractivity contribution in [3.8, 4) is 0 Å². The van der Waals surface area contributed by atoms with E-state index in [4.69, 9.17) is 12.2 Å². The lowest BCUT2D eigenvalue weighted by molar-refractivity contribution is 0.0588. The highest BCUT2D eigenvalue weighted by Crippen LogP contribution is 2.31. The van der Waals surface area contributed by atoms with Crippen LogP contribution in [0, 0.1) is 6.92 Å². The Kier molecular flexibility index (Phi) is 3.92. The number of hydrogen-bond acceptors (Lipinski definition) is 3. The number of rotatable bonds is 2. The first-order valence-electron chi connectivity index (χ1n) is 7.40. The van der Waals surface area contributed by atoms with Crippen LogP contribution in [0.15, 0.2) is 54.6 Å². The quantitative estimate of drug-likeness (QED) is 0.862. The molecule has 0 bridgehead atoms. The monoisotopic (exact) mass is 326 g/mol. The van der Waals surface area contributed by atoms with E-state index in [2.05, 4.69) is 0 Å². The normalized spacial score (nSPS) is 20.9. The zero-order chi connectivity index (χ0) is 16.6. The molecule has 0 radical (unpaired) electrons. The standard InChI is InChI=1S/C18H18N2O2S/c1-13-8-10-15(11-9-13)20-17(23)19(12-18(20,2)22)16(21)14-6-4-3-5-7-14/h3-11,22H,12H2,1-2H3/t18-/m0/s1. The van der Waals surface area contributed by atoms with Gasteiger partial charge in [-0.15, -0.1) is 0 Å². The second kappa shape index (κ2) is 5.76. The molecule has 5 heteroatoms. The van der Waals surface area contributed by atoms with Crippen molar-refractivity contribution in [2.24, 2.45) is 0 Å². The molecule has 0 aromatic heterocycles. The molecule has 1 atom stereocenters. The number of aliphatic hydroxyl groups is 1. The topological polar surface area (TPSA) is 43.8 Å². The first kappa shape index (κ1) is 15.6. The Labute approximate surface area is 141 Å². The molecule has 1 aliphatic heterocycles. The maximum atomic E-state index is 12.7. The molecule has 118 valence electrons. The van der Waals surface area contributed by atoms with Gasteiger partial charge in [0.25, 0.3) is 5.91 Å². The average Bonchev–Trinajstić information content (AvgIpc) is 2.78. The second-order valence-electron chi connectivity index (χ2n) is 5.93. The van der Waals surface area contributed by atoms with E-state index in [0.29, 0.717) is 10.7 Å². The molecule has 3 rings (SSSR count). The van der Waals surface area contributed by atoms with Crippen LogP contribution < -0.4 is 4.90 Å². The molecular formula is C18H18N2O2S. The third-order valence-corrected chi connectivity index (χ3v) is 4.32. The van der Waals surface area contributed by atoms with Crippen molar-refractivity contribution in [2.45, 2.75) is 19.6 Å². The molecule has 23 heavy (non-hydrogen) atoms. The molecule has 1 N–H and O–H groups in total. The number of β-amino-alcohol motifs (C(OH)–C–C–N with tert-alkyl or cyclic N) is 1. The molecule has 4 nitrogen and oxygen atoms in total. The van der Waals surface area contributed by atoms with Gasteiger partial charge in [0.1, 0.15) is 0 Å². The lowest BCUT2D eigenvalue weighted by atomic mass is 10.1. The van der Waals surface area contributed by atoms with Crippen LogP contribution in [0.1, 0.15) is 22.8 Å². The van der Waals surface area contributed by atoms with Gasteiger partial charge in [0.15, 0.2) is 10.8 Å². The van der Waals surface area contributed by atoms with Crippen molar-refractivity contribution in [2.75, 3.05) is 11.4 Å². The maximum absolute atomic E-state index is 12.7. The highest BCUT2D eigenvalue weighted by Gasteiger charge is 2.46. The number of benzene rings is 2. The zero-order valence-electron chi connectivity index (χ0n) is 13.1. The molecule has 0 unspecified atom stereocenters. The molecule has 1 saturated heterocycles. The summed E-state index contributed by atoms with van der Waals surface area (Å²) < 4.78 is 0. The van der Waals surface area contributed by atoms with E-state index >= 15 is 0 Å². The predicted octanol–water partition coefficient (Wildman–Crippen LogP) is 2.95. The van der Waals surface area contributed by atoms with Crippen molar-refractivity contribution in [3.05, 3.63) is 65.7 Å². The molecule has 0 saturated carbocycles. The molecule has 1 heterocycles. The van der Waals surface area contributed by atoms with E-state index in [9.17, 15) is 9.90 Å². The van der Waals surface area contributed by atoms with Crippen LogP contribution in [0.4, 0.5) is 5.69 Å². The fourth-order valence-corrected chi connectivity index (χ4v) is 3.19. The van der Waals surface area contributed by atoms with E-state index in [0.717, 1.165) is 11.3 Å². The van der Waals surface area contributed by atoms with Gasteiger partial charge in [0, 0.05) is 11.3 Å². The lowest BCUT2D eigenvalue weighted by Crippen LogP contribution is -2.44. The van der Waals surface area contributed by atoms with Gasteiger partial charge in [-0.3, -0.25) is 14.6 Å². The van der Waals surface area contributed by atoms with Crippen molar-refractivity contribution in [1.82, 2.24) is 4.90 Å². The van der Waals surface area contributed by atoms with Crippen LogP contribution in [0.5, 0.6) is 0 Å². The van der Waals surface area contributed by atoms with Gasteiger partial charge in [-0.05, 0) is 50.3 Å². The Hall–Kier alpha value is -2.24. The number of hydrogen-bond donors (Lipinski definition) is 1. The van der Waals surface area contributed by atoms with Crippen LogP contribution in [0.3, 0.4) is 0 Å². The summed E-state index contributed by atoms with van der Waals surface area (Å²) in [4.78, 5) is 15.8. The van der Waals surface area contributed by atoms with Crippen LogP contribution in [-0.2, 0) is 0 Å². The van der Waals surface area contributed by atoms with E-state index in [1.165, 1.54) is 4.90 Å². The van der Waals surface area contributed by atoms with Gasteiger partial charge in [0.2, 0.25) is 0 Å². The molecule has 1 fully saturated rings. The highest BCUT2D eigenvalue weighted by atomic mass is 32.1. The van der Waals surface area contributed by atoms with Crippen molar-refractivity contribution < 1.29 is 9.90 Å². The average molecular weight is 326 g/mol. The molecule has 0 aliphatic carbocycles. The molecule has 0 spiro atoms. The van der Waals surface area contributed by atoms with Crippen molar-refractivity contribution in [1.29, 1.82) is 0 Å².